The molecule has 0 aromatic carbocycles. The minimum atomic E-state index is 0.626. The smallest absolute Gasteiger partial charge is 0.223 e. The maximum atomic E-state index is 4.91. The van der Waals surface area contributed by atoms with Gasteiger partial charge in [0.15, 0.2) is 5.82 Å². The van der Waals surface area contributed by atoms with Crippen molar-refractivity contribution >= 4 is 0 Å². The molecule has 1 aromatic rings. The van der Waals surface area contributed by atoms with Crippen LogP contribution in [0.15, 0.2) is 4.52 Å². The van der Waals surface area contributed by atoms with E-state index in [9.17, 15) is 0 Å². The summed E-state index contributed by atoms with van der Waals surface area (Å²) in [7, 11) is 2.17. The summed E-state index contributed by atoms with van der Waals surface area (Å²) in [4.78, 5) is 8.99. The average Bonchev–Trinajstić information content (AvgIpc) is 2.73. The number of nitrogens with zero attached hydrogens (tertiary/aromatic N) is 4. The second kappa shape index (κ2) is 6.09. The van der Waals surface area contributed by atoms with Gasteiger partial charge in [0.05, 0.1) is 6.54 Å². The Balaban J connectivity index is 1.57. The molecule has 1 aliphatic heterocycles. The van der Waals surface area contributed by atoms with Gasteiger partial charge in [0, 0.05) is 46.2 Å². The molecule has 2 heterocycles. The molecule has 1 fully saturated rings. The van der Waals surface area contributed by atoms with Crippen LogP contribution in [0.2, 0.25) is 0 Å². The summed E-state index contributed by atoms with van der Waals surface area (Å²) in [6, 6.07) is 0. The van der Waals surface area contributed by atoms with Gasteiger partial charge in [0.1, 0.15) is 0 Å². The molecule has 0 atom stereocenters. The zero-order valence-electron chi connectivity index (χ0n) is 10.6. The van der Waals surface area contributed by atoms with Gasteiger partial charge in [-0.3, -0.25) is 4.90 Å². The lowest BCUT2D eigenvalue weighted by Crippen LogP contribution is -2.46. The maximum absolute atomic E-state index is 4.91. The average molecular weight is 239 g/mol. The molecule has 1 N–H and O–H groups in total. The Kier molecular flexibility index (Phi) is 4.47. The molecule has 17 heavy (non-hydrogen) atoms. The Morgan fingerprint density at radius 1 is 1.29 bits per heavy atom. The van der Waals surface area contributed by atoms with Crippen molar-refractivity contribution in [2.24, 2.45) is 0 Å². The second-order valence-electron chi connectivity index (χ2n) is 4.55. The molecule has 1 aromatic heterocycles. The number of nitrogens with one attached hydrogen (secondary N) is 1. The number of rotatable bonds is 5. The van der Waals surface area contributed by atoms with Crippen LogP contribution < -0.4 is 5.32 Å². The second-order valence-corrected chi connectivity index (χ2v) is 4.55. The largest absolute Gasteiger partial charge is 0.340 e. The third-order valence-electron chi connectivity index (χ3n) is 3.05. The maximum Gasteiger partial charge on any atom is 0.223 e. The normalized spacial score (nSPS) is 18.7. The summed E-state index contributed by atoms with van der Waals surface area (Å²) < 4.78 is 4.91. The number of hydrogen-bond donors (Lipinski definition) is 1. The highest BCUT2D eigenvalue weighted by molar-refractivity contribution is 4.82. The molecular weight excluding hydrogens is 218 g/mol. The van der Waals surface area contributed by atoms with Crippen molar-refractivity contribution in [3.8, 4) is 0 Å². The molecule has 0 bridgehead atoms. The predicted molar refractivity (Wildman–Crippen MR) is 64.7 cm³/mol. The van der Waals surface area contributed by atoms with Crippen molar-refractivity contribution in [2.45, 2.75) is 13.5 Å². The third kappa shape index (κ3) is 4.07. The van der Waals surface area contributed by atoms with Crippen molar-refractivity contribution in [1.82, 2.24) is 25.3 Å². The molecule has 6 heteroatoms. The van der Waals surface area contributed by atoms with Gasteiger partial charge in [-0.15, -0.1) is 0 Å². The first-order chi connectivity index (χ1) is 8.24. The first kappa shape index (κ1) is 12.5. The summed E-state index contributed by atoms with van der Waals surface area (Å²) in [5.41, 5.74) is 0. The van der Waals surface area contributed by atoms with Gasteiger partial charge in [-0.2, -0.15) is 4.98 Å². The lowest BCUT2D eigenvalue weighted by Gasteiger charge is -2.32. The summed E-state index contributed by atoms with van der Waals surface area (Å²) in [6.45, 7) is 9.22. The highest BCUT2D eigenvalue weighted by Crippen LogP contribution is 1.98. The van der Waals surface area contributed by atoms with E-state index in [0.29, 0.717) is 12.4 Å². The van der Waals surface area contributed by atoms with Crippen LogP contribution in [0.1, 0.15) is 11.7 Å². The van der Waals surface area contributed by atoms with E-state index in [4.69, 9.17) is 4.52 Å². The SMILES string of the molecule is Cc1nc(CNCCN2CCN(C)CC2)no1. The van der Waals surface area contributed by atoms with E-state index < -0.39 is 0 Å². The summed E-state index contributed by atoms with van der Waals surface area (Å²) in [5, 5.41) is 7.17. The zero-order valence-corrected chi connectivity index (χ0v) is 10.6. The monoisotopic (exact) mass is 239 g/mol. The van der Waals surface area contributed by atoms with Crippen LogP contribution in [0.5, 0.6) is 0 Å². The molecular formula is C11H21N5O. The first-order valence-corrected chi connectivity index (χ1v) is 6.15. The zero-order chi connectivity index (χ0) is 12.1. The highest BCUT2D eigenvalue weighted by atomic mass is 16.5. The van der Waals surface area contributed by atoms with E-state index in [1.54, 1.807) is 6.92 Å². The van der Waals surface area contributed by atoms with Gasteiger partial charge >= 0.3 is 0 Å². The van der Waals surface area contributed by atoms with Crippen molar-refractivity contribution in [2.75, 3.05) is 46.3 Å². The van der Waals surface area contributed by atoms with Crippen LogP contribution in [0.25, 0.3) is 0 Å². The van der Waals surface area contributed by atoms with Crippen molar-refractivity contribution in [3.05, 3.63) is 11.7 Å². The van der Waals surface area contributed by atoms with Gasteiger partial charge in [-0.1, -0.05) is 5.16 Å². The Hall–Kier alpha value is -0.980. The molecule has 0 unspecified atom stereocenters. The number of likely N-dealkylation sites (N-methyl/N-ethyl adjacent to an activating group) is 1. The Morgan fingerprint density at radius 2 is 2.06 bits per heavy atom. The van der Waals surface area contributed by atoms with Gasteiger partial charge in [0.25, 0.3) is 0 Å². The topological polar surface area (TPSA) is 57.4 Å². The fourth-order valence-corrected chi connectivity index (χ4v) is 1.92. The van der Waals surface area contributed by atoms with Crippen LogP contribution in [-0.4, -0.2) is 66.3 Å². The van der Waals surface area contributed by atoms with Gasteiger partial charge < -0.3 is 14.7 Å². The molecule has 0 saturated carbocycles. The lowest BCUT2D eigenvalue weighted by atomic mass is 10.3. The fourth-order valence-electron chi connectivity index (χ4n) is 1.92. The number of aryl methyl sites for hydroxylation is 1. The van der Waals surface area contributed by atoms with E-state index in [2.05, 4.69) is 32.3 Å². The van der Waals surface area contributed by atoms with Crippen molar-refractivity contribution in [1.29, 1.82) is 0 Å². The Bertz CT molecular complexity index is 332. The summed E-state index contributed by atoms with van der Waals surface area (Å²) in [5.74, 6) is 1.36. The molecule has 0 amide bonds. The standard InChI is InChI=1S/C11H21N5O/c1-10-13-11(14-17-10)9-12-3-4-16-7-5-15(2)6-8-16/h12H,3-9H2,1-2H3. The van der Waals surface area contributed by atoms with Crippen molar-refractivity contribution < 1.29 is 4.52 Å². The quantitative estimate of drug-likeness (QED) is 0.713. The minimum absolute atomic E-state index is 0.626. The van der Waals surface area contributed by atoms with Crippen LogP contribution >= 0.6 is 0 Å². The molecule has 1 saturated heterocycles. The van der Waals surface area contributed by atoms with E-state index in [1.807, 2.05) is 0 Å². The van der Waals surface area contributed by atoms with Crippen LogP contribution in [0.3, 0.4) is 0 Å². The Morgan fingerprint density at radius 3 is 2.71 bits per heavy atom. The van der Waals surface area contributed by atoms with Gasteiger partial charge in [-0.25, -0.2) is 0 Å². The molecule has 2 rings (SSSR count). The molecule has 0 spiro atoms. The van der Waals surface area contributed by atoms with E-state index in [0.717, 1.165) is 18.9 Å². The summed E-state index contributed by atoms with van der Waals surface area (Å²) >= 11 is 0. The van der Waals surface area contributed by atoms with E-state index in [1.165, 1.54) is 26.2 Å². The summed E-state index contributed by atoms with van der Waals surface area (Å²) in [6.07, 6.45) is 0. The fraction of sp³-hybridized carbons (Fsp3) is 0.818. The Labute approximate surface area is 102 Å². The highest BCUT2D eigenvalue weighted by Gasteiger charge is 2.12. The molecule has 0 radical (unpaired) electrons. The van der Waals surface area contributed by atoms with Crippen LogP contribution in [-0.2, 0) is 6.54 Å². The van der Waals surface area contributed by atoms with Crippen LogP contribution in [0, 0.1) is 6.92 Å². The first-order valence-electron chi connectivity index (χ1n) is 6.15. The molecule has 1 aliphatic rings. The van der Waals surface area contributed by atoms with Crippen LogP contribution in [0.4, 0.5) is 0 Å². The van der Waals surface area contributed by atoms with Crippen molar-refractivity contribution in [3.63, 3.8) is 0 Å². The van der Waals surface area contributed by atoms with E-state index >= 15 is 0 Å². The number of aromatic nitrogens is 2. The molecule has 0 aliphatic carbocycles. The third-order valence-corrected chi connectivity index (χ3v) is 3.05. The minimum Gasteiger partial charge on any atom is -0.340 e. The number of piperazine rings is 1. The lowest BCUT2D eigenvalue weighted by molar-refractivity contribution is 0.154. The van der Waals surface area contributed by atoms with E-state index in [-0.39, 0.29) is 0 Å². The number of hydrogen-bond acceptors (Lipinski definition) is 6. The molecule has 6 nitrogen and oxygen atoms in total. The van der Waals surface area contributed by atoms with Gasteiger partial charge in [0.2, 0.25) is 5.89 Å². The molecule has 96 valence electrons. The van der Waals surface area contributed by atoms with Gasteiger partial charge in [-0.05, 0) is 7.05 Å². The predicted octanol–water partition coefficient (Wildman–Crippen LogP) is -0.285.